The summed E-state index contributed by atoms with van der Waals surface area (Å²) < 4.78 is 1.00. The van der Waals surface area contributed by atoms with Gasteiger partial charge in [-0.1, -0.05) is 11.6 Å². The van der Waals surface area contributed by atoms with E-state index < -0.39 is 0 Å². The number of halogens is 2. The Morgan fingerprint density at radius 2 is 2.27 bits per heavy atom. The smallest absolute Gasteiger partial charge is 0.0809 e. The van der Waals surface area contributed by atoms with Crippen molar-refractivity contribution in [2.45, 2.75) is 4.90 Å². The maximum absolute atomic E-state index is 5.94. The summed E-state index contributed by atoms with van der Waals surface area (Å²) in [7, 11) is 0. The highest BCUT2D eigenvalue weighted by atomic mass is 79.9. The molecule has 0 N–H and O–H groups in total. The second kappa shape index (κ2) is 2.80. The van der Waals surface area contributed by atoms with Crippen LogP contribution in [0, 0.1) is 5.41 Å². The van der Waals surface area contributed by atoms with Crippen molar-refractivity contribution in [2.24, 2.45) is 0 Å². The molecular formula is C8H3BrClS+. The molecule has 0 bridgehead atoms. The van der Waals surface area contributed by atoms with E-state index >= 15 is 0 Å². The Kier molecular flexibility index (Phi) is 1.94. The molecule has 1 aromatic rings. The van der Waals surface area contributed by atoms with Crippen LogP contribution in [-0.4, -0.2) is 0 Å². The number of fused-ring (bicyclic) bond motifs is 1. The van der Waals surface area contributed by atoms with E-state index in [1.807, 2.05) is 18.2 Å². The number of thioether (sulfide) groups is 1. The minimum Gasteiger partial charge on any atom is -0.0809 e. The first kappa shape index (κ1) is 7.63. The van der Waals surface area contributed by atoms with E-state index in [4.69, 9.17) is 11.6 Å². The van der Waals surface area contributed by atoms with Crippen LogP contribution in [0.1, 0.15) is 5.56 Å². The first-order valence-corrected chi connectivity index (χ1v) is 5.02. The summed E-state index contributed by atoms with van der Waals surface area (Å²) in [6.07, 6.45) is 0. The monoisotopic (exact) mass is 245 g/mol. The third-order valence-electron chi connectivity index (χ3n) is 1.45. The molecule has 0 nitrogen and oxygen atoms in total. The van der Waals surface area contributed by atoms with Crippen molar-refractivity contribution in [2.75, 3.05) is 0 Å². The van der Waals surface area contributed by atoms with Crippen molar-refractivity contribution in [1.82, 2.24) is 0 Å². The van der Waals surface area contributed by atoms with Crippen LogP contribution in [-0.2, 0) is 0 Å². The Labute approximate surface area is 82.8 Å². The molecule has 11 heavy (non-hydrogen) atoms. The van der Waals surface area contributed by atoms with Gasteiger partial charge in [-0.15, -0.1) is 0 Å². The highest BCUT2D eigenvalue weighted by Gasteiger charge is 2.27. The van der Waals surface area contributed by atoms with E-state index in [2.05, 4.69) is 21.3 Å². The van der Waals surface area contributed by atoms with Crippen molar-refractivity contribution < 1.29 is 0 Å². The Hall–Kier alpha value is -0.0100. The van der Waals surface area contributed by atoms with Gasteiger partial charge in [-0.25, -0.2) is 0 Å². The van der Waals surface area contributed by atoms with Crippen molar-refractivity contribution in [3.05, 3.63) is 34.2 Å². The molecule has 1 heterocycles. The lowest BCUT2D eigenvalue weighted by Crippen LogP contribution is -1.76. The fourth-order valence-electron chi connectivity index (χ4n) is 0.936. The molecule has 54 valence electrons. The Bertz CT molecular complexity index is 333. The highest BCUT2D eigenvalue weighted by molar-refractivity contribution is 9.15. The Morgan fingerprint density at radius 3 is 3.00 bits per heavy atom. The first-order valence-electron chi connectivity index (χ1n) is 3.03. The molecule has 0 saturated carbocycles. The Balaban J connectivity index is 2.64. The Morgan fingerprint density at radius 1 is 1.45 bits per heavy atom. The fraction of sp³-hybridized carbons (Fsp3) is 0. The van der Waals surface area contributed by atoms with Crippen LogP contribution in [0.3, 0.4) is 0 Å². The van der Waals surface area contributed by atoms with Crippen LogP contribution in [0.25, 0.3) is 4.48 Å². The van der Waals surface area contributed by atoms with Gasteiger partial charge in [0.1, 0.15) is 17.3 Å². The lowest BCUT2D eigenvalue weighted by Gasteiger charge is -1.90. The van der Waals surface area contributed by atoms with Crippen LogP contribution >= 0.6 is 39.3 Å². The van der Waals surface area contributed by atoms with Crippen molar-refractivity contribution in [3.63, 3.8) is 0 Å². The molecule has 0 aliphatic carbocycles. The van der Waals surface area contributed by atoms with Crippen molar-refractivity contribution in [1.29, 1.82) is 0 Å². The number of hydrogen-bond acceptors (Lipinski definition) is 1. The van der Waals surface area contributed by atoms with E-state index in [1.54, 1.807) is 0 Å². The SMILES string of the molecule is Clc1cccc2c1S[C+]=C2Br. The third kappa shape index (κ3) is 1.21. The molecule has 1 aliphatic rings. The molecule has 1 aliphatic heterocycles. The van der Waals surface area contributed by atoms with Gasteiger partial charge in [-0.2, -0.15) is 0 Å². The molecule has 0 aromatic heterocycles. The second-order valence-electron chi connectivity index (χ2n) is 2.13. The predicted octanol–water partition coefficient (Wildman–Crippen LogP) is 3.94. The average Bonchev–Trinajstić information content (AvgIpc) is 2.35. The molecule has 0 spiro atoms. The van der Waals surface area contributed by atoms with Crippen LogP contribution in [0.15, 0.2) is 23.1 Å². The highest BCUT2D eigenvalue weighted by Crippen LogP contribution is 2.43. The summed E-state index contributed by atoms with van der Waals surface area (Å²) in [5, 5.41) is 3.89. The molecule has 3 heteroatoms. The van der Waals surface area contributed by atoms with Gasteiger partial charge < -0.3 is 0 Å². The molecule has 0 amide bonds. The van der Waals surface area contributed by atoms with Crippen LogP contribution in [0.4, 0.5) is 0 Å². The van der Waals surface area contributed by atoms with Gasteiger partial charge in [0, 0.05) is 22.0 Å². The molecule has 0 saturated heterocycles. The summed E-state index contributed by atoms with van der Waals surface area (Å²) in [4.78, 5) is 1.10. The van der Waals surface area contributed by atoms with Gasteiger partial charge in [0.25, 0.3) is 4.48 Å². The van der Waals surface area contributed by atoms with Crippen LogP contribution in [0.2, 0.25) is 5.02 Å². The number of hydrogen-bond donors (Lipinski definition) is 0. The molecule has 0 fully saturated rings. The zero-order valence-electron chi connectivity index (χ0n) is 5.40. The van der Waals surface area contributed by atoms with E-state index in [9.17, 15) is 0 Å². The maximum Gasteiger partial charge on any atom is 0.254 e. The minimum absolute atomic E-state index is 0.800. The molecule has 0 radical (unpaired) electrons. The normalized spacial score (nSPS) is 13.8. The average molecular weight is 247 g/mol. The standard InChI is InChI=1S/C8H3BrClS/c9-6-4-11-8-5(6)2-1-3-7(8)10/h1-3H/q+1. The lowest BCUT2D eigenvalue weighted by atomic mass is 10.2. The van der Waals surface area contributed by atoms with E-state index in [-0.39, 0.29) is 0 Å². The minimum atomic E-state index is 0.800. The van der Waals surface area contributed by atoms with Crippen LogP contribution < -0.4 is 0 Å². The van der Waals surface area contributed by atoms with E-state index in [0.717, 1.165) is 20.0 Å². The zero-order chi connectivity index (χ0) is 7.84. The van der Waals surface area contributed by atoms with Crippen LogP contribution in [0.5, 0.6) is 0 Å². The van der Waals surface area contributed by atoms with Crippen molar-refractivity contribution >= 4 is 43.8 Å². The van der Waals surface area contributed by atoms with Gasteiger partial charge in [-0.3, -0.25) is 0 Å². The predicted molar refractivity (Wildman–Crippen MR) is 52.9 cm³/mol. The molecular weight excluding hydrogens is 244 g/mol. The van der Waals surface area contributed by atoms with Gasteiger partial charge in [0.05, 0.1) is 5.02 Å². The molecule has 1 aromatic carbocycles. The molecule has 0 atom stereocenters. The summed E-state index contributed by atoms with van der Waals surface area (Å²) in [6.45, 7) is 0. The molecule has 0 unspecified atom stereocenters. The lowest BCUT2D eigenvalue weighted by molar-refractivity contribution is 1.44. The topological polar surface area (TPSA) is 0 Å². The van der Waals surface area contributed by atoms with Gasteiger partial charge in [0.15, 0.2) is 10.3 Å². The second-order valence-corrected chi connectivity index (χ2v) is 4.15. The van der Waals surface area contributed by atoms with Crippen molar-refractivity contribution in [3.8, 4) is 0 Å². The summed E-state index contributed by atoms with van der Waals surface area (Å²) >= 11 is 10.9. The van der Waals surface area contributed by atoms with Gasteiger partial charge in [0.2, 0.25) is 0 Å². The summed E-state index contributed by atoms with van der Waals surface area (Å²) in [5.41, 5.74) is 1.14. The third-order valence-corrected chi connectivity index (χ3v) is 3.71. The summed E-state index contributed by atoms with van der Waals surface area (Å²) in [6, 6.07) is 5.86. The van der Waals surface area contributed by atoms with E-state index in [1.165, 1.54) is 11.8 Å². The molecule has 2 rings (SSSR count). The maximum atomic E-state index is 5.94. The fourth-order valence-corrected chi connectivity index (χ4v) is 2.68. The number of rotatable bonds is 0. The summed E-state index contributed by atoms with van der Waals surface area (Å²) in [5.74, 6) is 0. The van der Waals surface area contributed by atoms with E-state index in [0.29, 0.717) is 0 Å². The first-order chi connectivity index (χ1) is 5.29. The largest absolute Gasteiger partial charge is 0.254 e. The quantitative estimate of drug-likeness (QED) is 0.625. The van der Waals surface area contributed by atoms with Gasteiger partial charge >= 0.3 is 0 Å². The van der Waals surface area contributed by atoms with Gasteiger partial charge in [-0.05, 0) is 12.1 Å². The number of benzene rings is 1. The zero-order valence-corrected chi connectivity index (χ0v) is 8.55.